The number of hydrogen-bond donors (Lipinski definition) is 1. The van der Waals surface area contributed by atoms with Crippen molar-refractivity contribution in [3.05, 3.63) is 35.6 Å². The van der Waals surface area contributed by atoms with E-state index < -0.39 is 11.7 Å². The number of benzene rings is 1. The number of amides is 1. The van der Waals surface area contributed by atoms with E-state index in [1.54, 1.807) is 32.9 Å². The lowest BCUT2D eigenvalue weighted by atomic mass is 10.2. The zero-order valence-electron chi connectivity index (χ0n) is 10.0. The molecule has 92 valence electrons. The van der Waals surface area contributed by atoms with E-state index in [9.17, 15) is 9.18 Å². The third-order valence-electron chi connectivity index (χ3n) is 1.64. The van der Waals surface area contributed by atoms with Gasteiger partial charge < -0.3 is 4.74 Å². The lowest BCUT2D eigenvalue weighted by Crippen LogP contribution is -2.29. The Hall–Kier alpha value is -1.91. The van der Waals surface area contributed by atoms with Crippen LogP contribution in [0.25, 0.3) is 0 Å². The summed E-state index contributed by atoms with van der Waals surface area (Å²) >= 11 is 0. The molecule has 0 bridgehead atoms. The Kier molecular flexibility index (Phi) is 4.20. The smallest absolute Gasteiger partial charge is 0.428 e. The molecule has 1 amide bonds. The van der Waals surface area contributed by atoms with Crippen molar-refractivity contribution < 1.29 is 13.9 Å². The molecular weight excluding hydrogens is 223 g/mol. The van der Waals surface area contributed by atoms with E-state index in [0.29, 0.717) is 5.56 Å². The largest absolute Gasteiger partial charge is 0.443 e. The summed E-state index contributed by atoms with van der Waals surface area (Å²) in [6, 6.07) is 5.73. The molecule has 1 aromatic carbocycles. The van der Waals surface area contributed by atoms with Gasteiger partial charge in [-0.1, -0.05) is 12.1 Å². The van der Waals surface area contributed by atoms with E-state index in [-0.39, 0.29) is 5.82 Å². The van der Waals surface area contributed by atoms with E-state index in [1.165, 1.54) is 18.3 Å². The highest BCUT2D eigenvalue weighted by Crippen LogP contribution is 2.06. The minimum atomic E-state index is -0.629. The van der Waals surface area contributed by atoms with Gasteiger partial charge in [-0.05, 0) is 38.5 Å². The number of ether oxygens (including phenoxy) is 1. The molecular formula is C12H15FN2O2. The zero-order valence-corrected chi connectivity index (χ0v) is 10.0. The second-order valence-electron chi connectivity index (χ2n) is 4.42. The fraction of sp³-hybridized carbons (Fsp3) is 0.333. The summed E-state index contributed by atoms with van der Waals surface area (Å²) in [6.45, 7) is 5.28. The molecule has 0 aliphatic rings. The van der Waals surface area contributed by atoms with Crippen LogP contribution in [0.3, 0.4) is 0 Å². The van der Waals surface area contributed by atoms with E-state index >= 15 is 0 Å². The van der Waals surface area contributed by atoms with E-state index in [0.717, 1.165) is 0 Å². The average molecular weight is 238 g/mol. The topological polar surface area (TPSA) is 50.7 Å². The van der Waals surface area contributed by atoms with Gasteiger partial charge in [-0.15, -0.1) is 0 Å². The Morgan fingerprint density at radius 2 is 1.94 bits per heavy atom. The van der Waals surface area contributed by atoms with Gasteiger partial charge in [0, 0.05) is 0 Å². The molecule has 0 fully saturated rings. The van der Waals surface area contributed by atoms with Crippen LogP contribution in [-0.2, 0) is 4.74 Å². The van der Waals surface area contributed by atoms with Crippen molar-refractivity contribution in [3.63, 3.8) is 0 Å². The number of nitrogens with zero attached hydrogens (tertiary/aromatic N) is 1. The monoisotopic (exact) mass is 238 g/mol. The summed E-state index contributed by atoms with van der Waals surface area (Å²) in [4.78, 5) is 11.2. The third-order valence-corrected chi connectivity index (χ3v) is 1.64. The van der Waals surface area contributed by atoms with Gasteiger partial charge in [0.1, 0.15) is 11.4 Å². The molecule has 5 heteroatoms. The first-order chi connectivity index (χ1) is 7.87. The first kappa shape index (κ1) is 13.2. The summed E-state index contributed by atoms with van der Waals surface area (Å²) in [7, 11) is 0. The molecule has 1 rings (SSSR count). The highest BCUT2D eigenvalue weighted by Gasteiger charge is 2.15. The van der Waals surface area contributed by atoms with Crippen LogP contribution in [0, 0.1) is 5.82 Å². The van der Waals surface area contributed by atoms with Crippen LogP contribution in [0.2, 0.25) is 0 Å². The molecule has 1 aromatic rings. The van der Waals surface area contributed by atoms with Gasteiger partial charge in [-0.3, -0.25) is 0 Å². The number of hydrazone groups is 1. The van der Waals surface area contributed by atoms with Gasteiger partial charge in [0.2, 0.25) is 0 Å². The quantitative estimate of drug-likeness (QED) is 0.636. The summed E-state index contributed by atoms with van der Waals surface area (Å²) in [5.74, 6) is -0.317. The Bertz CT molecular complexity index is 408. The SMILES string of the molecule is CC(C)(C)OC(=O)NN=Cc1ccc(F)cc1. The molecule has 0 saturated carbocycles. The van der Waals surface area contributed by atoms with Crippen molar-refractivity contribution >= 4 is 12.3 Å². The Morgan fingerprint density at radius 1 is 1.35 bits per heavy atom. The minimum absolute atomic E-state index is 0.317. The van der Waals surface area contributed by atoms with E-state index in [1.807, 2.05) is 0 Å². The van der Waals surface area contributed by atoms with Crippen molar-refractivity contribution in [3.8, 4) is 0 Å². The Morgan fingerprint density at radius 3 is 2.47 bits per heavy atom. The predicted molar refractivity (Wildman–Crippen MR) is 63.4 cm³/mol. The molecule has 0 radical (unpaired) electrons. The van der Waals surface area contributed by atoms with Crippen molar-refractivity contribution in [2.24, 2.45) is 5.10 Å². The Labute approximate surface area is 99.5 Å². The second kappa shape index (κ2) is 5.43. The van der Waals surface area contributed by atoms with Crippen LogP contribution in [0.5, 0.6) is 0 Å². The van der Waals surface area contributed by atoms with Gasteiger partial charge in [0.05, 0.1) is 6.21 Å². The lowest BCUT2D eigenvalue weighted by molar-refractivity contribution is 0.0529. The highest BCUT2D eigenvalue weighted by molar-refractivity contribution is 5.80. The second-order valence-corrected chi connectivity index (χ2v) is 4.42. The first-order valence-electron chi connectivity index (χ1n) is 5.14. The van der Waals surface area contributed by atoms with Gasteiger partial charge in [0.25, 0.3) is 0 Å². The fourth-order valence-electron chi connectivity index (χ4n) is 1.01. The van der Waals surface area contributed by atoms with Gasteiger partial charge >= 0.3 is 6.09 Å². The van der Waals surface area contributed by atoms with Gasteiger partial charge in [0.15, 0.2) is 0 Å². The minimum Gasteiger partial charge on any atom is -0.443 e. The summed E-state index contributed by atoms with van der Waals surface area (Å²) in [5.41, 5.74) is 2.34. The van der Waals surface area contributed by atoms with Crippen LogP contribution in [0.15, 0.2) is 29.4 Å². The number of hydrogen-bond acceptors (Lipinski definition) is 3. The summed E-state index contributed by atoms with van der Waals surface area (Å²) < 4.78 is 17.6. The first-order valence-corrected chi connectivity index (χ1v) is 5.14. The number of halogens is 1. The van der Waals surface area contributed by atoms with Crippen LogP contribution in [0.1, 0.15) is 26.3 Å². The maximum Gasteiger partial charge on any atom is 0.428 e. The van der Waals surface area contributed by atoms with Crippen molar-refractivity contribution in [1.82, 2.24) is 5.43 Å². The van der Waals surface area contributed by atoms with Crippen molar-refractivity contribution in [2.75, 3.05) is 0 Å². The maximum atomic E-state index is 12.6. The number of carbonyl (C=O) groups is 1. The Balaban J connectivity index is 2.45. The highest BCUT2D eigenvalue weighted by atomic mass is 19.1. The molecule has 0 aliphatic carbocycles. The van der Waals surface area contributed by atoms with Crippen LogP contribution in [0.4, 0.5) is 9.18 Å². The standard InChI is InChI=1S/C12H15FN2O2/c1-12(2,3)17-11(16)15-14-8-9-4-6-10(13)7-5-9/h4-8H,1-3H3,(H,15,16). The predicted octanol–water partition coefficient (Wildman–Crippen LogP) is 2.68. The molecule has 17 heavy (non-hydrogen) atoms. The van der Waals surface area contributed by atoms with Crippen LogP contribution in [-0.4, -0.2) is 17.9 Å². The normalized spacial score (nSPS) is 11.5. The van der Waals surface area contributed by atoms with Crippen molar-refractivity contribution in [1.29, 1.82) is 0 Å². The molecule has 0 unspecified atom stereocenters. The van der Waals surface area contributed by atoms with Gasteiger partial charge in [-0.25, -0.2) is 14.6 Å². The molecule has 0 heterocycles. The van der Waals surface area contributed by atoms with Crippen molar-refractivity contribution in [2.45, 2.75) is 26.4 Å². The molecule has 0 saturated heterocycles. The molecule has 0 aliphatic heterocycles. The summed E-state index contributed by atoms with van der Waals surface area (Å²) in [5, 5.41) is 3.68. The molecule has 0 aromatic heterocycles. The number of carbonyl (C=O) groups excluding carboxylic acids is 1. The zero-order chi connectivity index (χ0) is 12.9. The number of nitrogens with one attached hydrogen (secondary N) is 1. The molecule has 0 spiro atoms. The van der Waals surface area contributed by atoms with Crippen LogP contribution >= 0.6 is 0 Å². The average Bonchev–Trinajstić information content (AvgIpc) is 2.18. The van der Waals surface area contributed by atoms with Crippen LogP contribution < -0.4 is 5.43 Å². The third kappa shape index (κ3) is 5.65. The lowest BCUT2D eigenvalue weighted by Gasteiger charge is -2.18. The number of rotatable bonds is 2. The maximum absolute atomic E-state index is 12.6. The van der Waals surface area contributed by atoms with E-state index in [4.69, 9.17) is 4.74 Å². The molecule has 4 nitrogen and oxygen atoms in total. The fourth-order valence-corrected chi connectivity index (χ4v) is 1.01. The van der Waals surface area contributed by atoms with E-state index in [2.05, 4.69) is 10.5 Å². The van der Waals surface area contributed by atoms with Gasteiger partial charge in [-0.2, -0.15) is 5.10 Å². The molecule has 0 atom stereocenters. The summed E-state index contributed by atoms with van der Waals surface area (Å²) in [6.07, 6.45) is 0.777. The molecule has 1 N–H and O–H groups in total.